The van der Waals surface area contributed by atoms with Crippen LogP contribution in [0, 0.1) is 3.57 Å². The summed E-state index contributed by atoms with van der Waals surface area (Å²) in [5.41, 5.74) is 8.03. The van der Waals surface area contributed by atoms with Gasteiger partial charge in [-0.3, -0.25) is 4.90 Å². The van der Waals surface area contributed by atoms with E-state index < -0.39 is 0 Å². The number of hydrogen-bond acceptors (Lipinski definition) is 3. The number of benzene rings is 1. The maximum atomic E-state index is 5.82. The summed E-state index contributed by atoms with van der Waals surface area (Å²) >= 11 is 2.40. The minimum absolute atomic E-state index is 0.765. The standard InChI is InChI=1S/C14H20IN3/c15-13-9-11(16)3-4-14(13)18-8-5-12(10-18)17-6-1-2-7-17/h3-4,9,12H,1-2,5-8,10,16H2. The topological polar surface area (TPSA) is 32.5 Å². The first-order chi connectivity index (χ1) is 8.74. The number of nitrogens with two attached hydrogens (primary N) is 1. The van der Waals surface area contributed by atoms with E-state index in [1.807, 2.05) is 6.07 Å². The van der Waals surface area contributed by atoms with Crippen molar-refractivity contribution in [1.82, 2.24) is 4.90 Å². The van der Waals surface area contributed by atoms with Crippen molar-refractivity contribution in [1.29, 1.82) is 0 Å². The van der Waals surface area contributed by atoms with E-state index in [4.69, 9.17) is 5.73 Å². The van der Waals surface area contributed by atoms with Gasteiger partial charge in [0.2, 0.25) is 0 Å². The quantitative estimate of drug-likeness (QED) is 0.652. The number of nitrogens with zero attached hydrogens (tertiary/aromatic N) is 2. The Labute approximate surface area is 122 Å². The number of hydrogen-bond donors (Lipinski definition) is 1. The zero-order valence-electron chi connectivity index (χ0n) is 10.6. The van der Waals surface area contributed by atoms with Gasteiger partial charge in [-0.2, -0.15) is 0 Å². The Hall–Kier alpha value is -0.490. The Kier molecular flexibility index (Phi) is 3.66. The minimum Gasteiger partial charge on any atom is -0.399 e. The molecule has 1 aromatic carbocycles. The lowest BCUT2D eigenvalue weighted by molar-refractivity contribution is 0.260. The number of rotatable bonds is 2. The van der Waals surface area contributed by atoms with E-state index in [1.54, 1.807) is 0 Å². The van der Waals surface area contributed by atoms with Gasteiger partial charge in [-0.15, -0.1) is 0 Å². The zero-order valence-corrected chi connectivity index (χ0v) is 12.8. The first kappa shape index (κ1) is 12.5. The van der Waals surface area contributed by atoms with Crippen LogP contribution in [0.2, 0.25) is 0 Å². The lowest BCUT2D eigenvalue weighted by Crippen LogP contribution is -2.35. The van der Waals surface area contributed by atoms with Crippen molar-refractivity contribution >= 4 is 34.0 Å². The molecule has 0 spiro atoms. The summed E-state index contributed by atoms with van der Waals surface area (Å²) in [6.45, 7) is 4.97. The number of halogens is 1. The smallest absolute Gasteiger partial charge is 0.0503 e. The average molecular weight is 357 g/mol. The van der Waals surface area contributed by atoms with E-state index in [2.05, 4.69) is 44.5 Å². The molecule has 2 heterocycles. The predicted octanol–water partition coefficient (Wildman–Crippen LogP) is 2.55. The van der Waals surface area contributed by atoms with Crippen molar-refractivity contribution in [2.24, 2.45) is 0 Å². The molecule has 0 aliphatic carbocycles. The van der Waals surface area contributed by atoms with Crippen LogP contribution in [0.25, 0.3) is 0 Å². The Morgan fingerprint density at radius 2 is 1.94 bits per heavy atom. The molecule has 4 heteroatoms. The highest BCUT2D eigenvalue weighted by Gasteiger charge is 2.29. The molecule has 0 saturated carbocycles. The third-order valence-electron chi connectivity index (χ3n) is 4.13. The van der Waals surface area contributed by atoms with E-state index in [0.29, 0.717) is 0 Å². The summed E-state index contributed by atoms with van der Waals surface area (Å²) in [6.07, 6.45) is 4.08. The molecule has 2 N–H and O–H groups in total. The molecule has 1 unspecified atom stereocenters. The van der Waals surface area contributed by atoms with Crippen LogP contribution in [-0.2, 0) is 0 Å². The molecule has 1 aromatic rings. The molecule has 18 heavy (non-hydrogen) atoms. The van der Waals surface area contributed by atoms with Gasteiger partial charge in [-0.25, -0.2) is 0 Å². The molecule has 2 aliphatic rings. The second kappa shape index (κ2) is 5.25. The summed E-state index contributed by atoms with van der Waals surface area (Å²) in [6, 6.07) is 7.02. The van der Waals surface area contributed by atoms with Gasteiger partial charge < -0.3 is 10.6 Å². The number of anilines is 2. The van der Waals surface area contributed by atoms with Crippen LogP contribution < -0.4 is 10.6 Å². The van der Waals surface area contributed by atoms with Crippen molar-refractivity contribution in [3.8, 4) is 0 Å². The van der Waals surface area contributed by atoms with Gasteiger partial charge in [0, 0.05) is 28.4 Å². The highest BCUT2D eigenvalue weighted by atomic mass is 127. The molecular formula is C14H20IN3. The summed E-state index contributed by atoms with van der Waals surface area (Å²) in [4.78, 5) is 5.19. The van der Waals surface area contributed by atoms with Gasteiger partial charge in [0.15, 0.2) is 0 Å². The van der Waals surface area contributed by atoms with Gasteiger partial charge in [-0.1, -0.05) is 0 Å². The van der Waals surface area contributed by atoms with E-state index in [9.17, 15) is 0 Å². The van der Waals surface area contributed by atoms with Crippen LogP contribution in [0.3, 0.4) is 0 Å². The number of likely N-dealkylation sites (tertiary alicyclic amines) is 1. The fraction of sp³-hybridized carbons (Fsp3) is 0.571. The Morgan fingerprint density at radius 1 is 1.17 bits per heavy atom. The molecule has 3 nitrogen and oxygen atoms in total. The third kappa shape index (κ3) is 2.45. The van der Waals surface area contributed by atoms with Crippen molar-refractivity contribution in [2.45, 2.75) is 25.3 Å². The molecule has 0 bridgehead atoms. The number of nitrogen functional groups attached to an aromatic ring is 1. The molecule has 3 rings (SSSR count). The van der Waals surface area contributed by atoms with Gasteiger partial charge in [0.05, 0.1) is 5.69 Å². The SMILES string of the molecule is Nc1ccc(N2CCC(N3CCCC3)C2)c(I)c1. The molecule has 2 saturated heterocycles. The van der Waals surface area contributed by atoms with Crippen molar-refractivity contribution < 1.29 is 0 Å². The molecule has 0 aromatic heterocycles. The molecule has 0 radical (unpaired) electrons. The van der Waals surface area contributed by atoms with Gasteiger partial charge in [0.25, 0.3) is 0 Å². The Bertz CT molecular complexity index is 429. The molecular weight excluding hydrogens is 337 g/mol. The summed E-state index contributed by atoms with van der Waals surface area (Å²) < 4.78 is 1.27. The van der Waals surface area contributed by atoms with Gasteiger partial charge in [-0.05, 0) is 73.1 Å². The molecule has 2 aliphatic heterocycles. The van der Waals surface area contributed by atoms with Gasteiger partial charge >= 0.3 is 0 Å². The summed E-state index contributed by atoms with van der Waals surface area (Å²) in [5, 5.41) is 0. The van der Waals surface area contributed by atoms with Crippen LogP contribution in [-0.4, -0.2) is 37.1 Å². The molecule has 2 fully saturated rings. The van der Waals surface area contributed by atoms with Crippen molar-refractivity contribution in [3.63, 3.8) is 0 Å². The molecule has 1 atom stereocenters. The second-order valence-electron chi connectivity index (χ2n) is 5.34. The highest BCUT2D eigenvalue weighted by Crippen LogP contribution is 2.29. The first-order valence-corrected chi connectivity index (χ1v) is 7.86. The molecule has 98 valence electrons. The maximum Gasteiger partial charge on any atom is 0.0503 e. The lowest BCUT2D eigenvalue weighted by atomic mass is 10.2. The van der Waals surface area contributed by atoms with E-state index in [0.717, 1.165) is 11.7 Å². The van der Waals surface area contributed by atoms with Crippen LogP contribution in [0.1, 0.15) is 19.3 Å². The monoisotopic (exact) mass is 357 g/mol. The van der Waals surface area contributed by atoms with Crippen LogP contribution in [0.15, 0.2) is 18.2 Å². The first-order valence-electron chi connectivity index (χ1n) is 6.78. The maximum absolute atomic E-state index is 5.82. The van der Waals surface area contributed by atoms with Crippen molar-refractivity contribution in [3.05, 3.63) is 21.8 Å². The van der Waals surface area contributed by atoms with Crippen LogP contribution >= 0.6 is 22.6 Å². The van der Waals surface area contributed by atoms with E-state index in [1.165, 1.54) is 54.7 Å². The fourth-order valence-electron chi connectivity index (χ4n) is 3.15. The lowest BCUT2D eigenvalue weighted by Gasteiger charge is -2.25. The highest BCUT2D eigenvalue weighted by molar-refractivity contribution is 14.1. The van der Waals surface area contributed by atoms with Gasteiger partial charge in [0.1, 0.15) is 0 Å². The molecule has 0 amide bonds. The van der Waals surface area contributed by atoms with Crippen LogP contribution in [0.4, 0.5) is 11.4 Å². The fourth-order valence-corrected chi connectivity index (χ4v) is 4.03. The largest absolute Gasteiger partial charge is 0.399 e. The Balaban J connectivity index is 1.71. The third-order valence-corrected chi connectivity index (χ3v) is 5.00. The van der Waals surface area contributed by atoms with Crippen molar-refractivity contribution in [2.75, 3.05) is 36.8 Å². The van der Waals surface area contributed by atoms with Crippen LogP contribution in [0.5, 0.6) is 0 Å². The predicted molar refractivity (Wildman–Crippen MR) is 85.0 cm³/mol. The van der Waals surface area contributed by atoms with E-state index in [-0.39, 0.29) is 0 Å². The average Bonchev–Trinajstić information content (AvgIpc) is 2.99. The minimum atomic E-state index is 0.765. The summed E-state index contributed by atoms with van der Waals surface area (Å²) in [5.74, 6) is 0. The summed E-state index contributed by atoms with van der Waals surface area (Å²) in [7, 11) is 0. The normalized spacial score (nSPS) is 24.9. The second-order valence-corrected chi connectivity index (χ2v) is 6.50. The zero-order chi connectivity index (χ0) is 12.5. The Morgan fingerprint density at radius 3 is 2.67 bits per heavy atom. The van der Waals surface area contributed by atoms with E-state index >= 15 is 0 Å².